The van der Waals surface area contributed by atoms with Crippen LogP contribution in [-0.4, -0.2) is 80.5 Å². The van der Waals surface area contributed by atoms with Crippen molar-refractivity contribution in [2.45, 2.75) is 6.42 Å². The zero-order valence-corrected chi connectivity index (χ0v) is 9.85. The van der Waals surface area contributed by atoms with E-state index in [1.807, 2.05) is 0 Å². The molecule has 0 spiro atoms. The predicted octanol–water partition coefficient (Wildman–Crippen LogP) is -1.01. The lowest BCUT2D eigenvalue weighted by atomic mass is 10.3. The number of carbonyl (C=O) groups excluding carboxylic acids is 4. The highest BCUT2D eigenvalue weighted by atomic mass is 16.3. The molecule has 8 amide bonds. The summed E-state index contributed by atoms with van der Waals surface area (Å²) in [5.41, 5.74) is 0. The van der Waals surface area contributed by atoms with Crippen LogP contribution in [0.3, 0.4) is 0 Å². The number of amides is 8. The number of aliphatic hydroxyl groups is 2. The molecule has 10 heteroatoms. The van der Waals surface area contributed by atoms with Gasteiger partial charge in [0.05, 0.1) is 0 Å². The van der Waals surface area contributed by atoms with Crippen molar-refractivity contribution in [3.05, 3.63) is 0 Å². The van der Waals surface area contributed by atoms with Gasteiger partial charge in [0.1, 0.15) is 13.5 Å². The van der Waals surface area contributed by atoms with E-state index in [-0.39, 0.29) is 19.5 Å². The third-order valence-corrected chi connectivity index (χ3v) is 2.89. The minimum absolute atomic E-state index is 0.0599. The summed E-state index contributed by atoms with van der Waals surface area (Å²) in [6.07, 6.45) is 0.244. The Labute approximate surface area is 107 Å². The van der Waals surface area contributed by atoms with Crippen molar-refractivity contribution in [3.63, 3.8) is 0 Å². The summed E-state index contributed by atoms with van der Waals surface area (Å²) in [4.78, 5) is 48.2. The number of imide groups is 4. The monoisotopic (exact) mass is 272 g/mol. The largest absolute Gasteiger partial charge is 0.376 e. The van der Waals surface area contributed by atoms with Crippen LogP contribution in [0, 0.1) is 0 Å². The maximum absolute atomic E-state index is 11.3. The molecule has 0 bridgehead atoms. The minimum atomic E-state index is -0.664. The molecule has 0 aromatic heterocycles. The summed E-state index contributed by atoms with van der Waals surface area (Å²) >= 11 is 0. The molecule has 0 aromatic carbocycles. The third kappa shape index (κ3) is 1.90. The molecule has 2 aliphatic rings. The Balaban J connectivity index is 1.74. The zero-order valence-electron chi connectivity index (χ0n) is 9.85. The van der Waals surface area contributed by atoms with Crippen molar-refractivity contribution in [3.8, 4) is 0 Å². The molecular weight excluding hydrogens is 260 g/mol. The summed E-state index contributed by atoms with van der Waals surface area (Å²) in [6, 6.07) is -2.42. The summed E-state index contributed by atoms with van der Waals surface area (Å²) in [5.74, 6) is 0. The van der Waals surface area contributed by atoms with Gasteiger partial charge in [-0.3, -0.25) is 0 Å². The van der Waals surface area contributed by atoms with Crippen molar-refractivity contribution in [1.82, 2.24) is 19.6 Å². The van der Waals surface area contributed by atoms with E-state index in [0.29, 0.717) is 9.80 Å². The predicted molar refractivity (Wildman–Crippen MR) is 57.5 cm³/mol. The van der Waals surface area contributed by atoms with Crippen LogP contribution in [0.4, 0.5) is 19.2 Å². The fourth-order valence-corrected chi connectivity index (χ4v) is 1.83. The highest BCUT2D eigenvalue weighted by molar-refractivity contribution is 6.12. The molecule has 19 heavy (non-hydrogen) atoms. The molecule has 0 atom stereocenters. The maximum Gasteiger partial charge on any atom is 0.338 e. The van der Waals surface area contributed by atoms with Crippen LogP contribution in [0.15, 0.2) is 0 Å². The fraction of sp³-hybridized carbons (Fsp3) is 0.556. The SMILES string of the molecule is O=C1N(CO)C(=O)N1CCCN1C(=O)N(CO)C1=O. The number of nitrogens with zero attached hydrogens (tertiary/aromatic N) is 4. The number of aliphatic hydroxyl groups excluding tert-OH is 2. The normalized spacial score (nSPS) is 19.1. The van der Waals surface area contributed by atoms with E-state index < -0.39 is 37.6 Å². The Hall–Kier alpha value is -2.20. The molecule has 104 valence electrons. The van der Waals surface area contributed by atoms with E-state index in [1.54, 1.807) is 0 Å². The van der Waals surface area contributed by atoms with Crippen molar-refractivity contribution in [1.29, 1.82) is 0 Å². The standard InChI is InChI=1S/C9H12N4O6/c14-4-12-6(16)10(7(12)17)2-1-3-11-8(18)13(5-15)9(11)19/h14-15H,1-5H2. The molecule has 2 aliphatic heterocycles. The summed E-state index contributed by atoms with van der Waals surface area (Å²) in [7, 11) is 0. The lowest BCUT2D eigenvalue weighted by Crippen LogP contribution is -2.65. The lowest BCUT2D eigenvalue weighted by Gasteiger charge is -2.39. The molecule has 2 heterocycles. The lowest BCUT2D eigenvalue weighted by molar-refractivity contribution is 0.0571. The number of hydrogen-bond acceptors (Lipinski definition) is 6. The van der Waals surface area contributed by atoms with E-state index >= 15 is 0 Å². The highest BCUT2D eigenvalue weighted by Crippen LogP contribution is 2.18. The zero-order chi connectivity index (χ0) is 14.2. The van der Waals surface area contributed by atoms with Gasteiger partial charge in [0.2, 0.25) is 0 Å². The van der Waals surface area contributed by atoms with Gasteiger partial charge in [-0.15, -0.1) is 0 Å². The summed E-state index contributed by atoms with van der Waals surface area (Å²) in [5, 5.41) is 17.3. The molecule has 0 aromatic rings. The van der Waals surface area contributed by atoms with Gasteiger partial charge in [-0.1, -0.05) is 0 Å². The van der Waals surface area contributed by atoms with Crippen molar-refractivity contribution in [2.75, 3.05) is 26.6 Å². The highest BCUT2D eigenvalue weighted by Gasteiger charge is 2.45. The second kappa shape index (κ2) is 4.82. The average Bonchev–Trinajstić information content (AvgIpc) is 2.39. The Morgan fingerprint density at radius 1 is 0.632 bits per heavy atom. The van der Waals surface area contributed by atoms with Gasteiger partial charge < -0.3 is 10.2 Å². The molecular formula is C9H12N4O6. The Bertz CT molecular complexity index is 380. The molecule has 0 saturated carbocycles. The van der Waals surface area contributed by atoms with Crippen LogP contribution in [0.5, 0.6) is 0 Å². The van der Waals surface area contributed by atoms with Gasteiger partial charge in [-0.2, -0.15) is 0 Å². The topological polar surface area (TPSA) is 122 Å². The van der Waals surface area contributed by atoms with E-state index in [4.69, 9.17) is 10.2 Å². The Kier molecular flexibility index (Phi) is 3.36. The number of urea groups is 4. The van der Waals surface area contributed by atoms with Gasteiger partial charge >= 0.3 is 24.1 Å². The van der Waals surface area contributed by atoms with E-state index in [2.05, 4.69) is 0 Å². The van der Waals surface area contributed by atoms with Crippen LogP contribution in [-0.2, 0) is 0 Å². The van der Waals surface area contributed by atoms with Gasteiger partial charge in [0.25, 0.3) is 0 Å². The van der Waals surface area contributed by atoms with Gasteiger partial charge in [0, 0.05) is 13.1 Å². The third-order valence-electron chi connectivity index (χ3n) is 2.89. The van der Waals surface area contributed by atoms with E-state index in [0.717, 1.165) is 9.80 Å². The molecule has 0 radical (unpaired) electrons. The average molecular weight is 272 g/mol. The smallest absolute Gasteiger partial charge is 0.338 e. The first kappa shape index (κ1) is 13.2. The second-order valence-electron chi connectivity index (χ2n) is 3.93. The molecule has 2 rings (SSSR count). The summed E-state index contributed by atoms with van der Waals surface area (Å²) < 4.78 is 0. The Morgan fingerprint density at radius 2 is 0.947 bits per heavy atom. The van der Waals surface area contributed by atoms with Gasteiger partial charge in [0.15, 0.2) is 0 Å². The van der Waals surface area contributed by atoms with E-state index in [9.17, 15) is 19.2 Å². The first-order valence-electron chi connectivity index (χ1n) is 5.50. The molecule has 2 saturated heterocycles. The quantitative estimate of drug-likeness (QED) is 0.639. The van der Waals surface area contributed by atoms with E-state index in [1.165, 1.54) is 0 Å². The molecule has 2 fully saturated rings. The molecule has 10 nitrogen and oxygen atoms in total. The molecule has 0 aliphatic carbocycles. The second-order valence-corrected chi connectivity index (χ2v) is 3.93. The first-order chi connectivity index (χ1) is 9.02. The Morgan fingerprint density at radius 3 is 1.21 bits per heavy atom. The number of carbonyl (C=O) groups is 4. The summed E-state index contributed by atoms with van der Waals surface area (Å²) in [6.45, 7) is -1.21. The van der Waals surface area contributed by atoms with Crippen molar-refractivity contribution in [2.24, 2.45) is 0 Å². The number of hydrogen-bond donors (Lipinski definition) is 2. The minimum Gasteiger partial charge on any atom is -0.376 e. The van der Waals surface area contributed by atoms with Crippen LogP contribution < -0.4 is 0 Å². The molecule has 2 N–H and O–H groups in total. The van der Waals surface area contributed by atoms with Crippen LogP contribution in [0.2, 0.25) is 0 Å². The van der Waals surface area contributed by atoms with Crippen LogP contribution in [0.25, 0.3) is 0 Å². The number of rotatable bonds is 6. The van der Waals surface area contributed by atoms with Gasteiger partial charge in [-0.05, 0) is 6.42 Å². The van der Waals surface area contributed by atoms with Crippen molar-refractivity contribution < 1.29 is 29.4 Å². The molecule has 0 unspecified atom stereocenters. The maximum atomic E-state index is 11.3. The fourth-order valence-electron chi connectivity index (χ4n) is 1.83. The van der Waals surface area contributed by atoms with Crippen LogP contribution in [0.1, 0.15) is 6.42 Å². The van der Waals surface area contributed by atoms with Gasteiger partial charge in [-0.25, -0.2) is 38.8 Å². The van der Waals surface area contributed by atoms with Crippen molar-refractivity contribution >= 4 is 24.1 Å². The first-order valence-corrected chi connectivity index (χ1v) is 5.50. The van der Waals surface area contributed by atoms with Crippen LogP contribution >= 0.6 is 0 Å².